The average Bonchev–Trinajstić information content (AvgIpc) is 3.08. The van der Waals surface area contributed by atoms with Crippen LogP contribution >= 0.6 is 11.3 Å². The van der Waals surface area contributed by atoms with Crippen LogP contribution in [0.3, 0.4) is 0 Å². The molecule has 1 amide bonds. The number of amides is 1. The summed E-state index contributed by atoms with van der Waals surface area (Å²) in [4.78, 5) is 18.8. The lowest BCUT2D eigenvalue weighted by atomic mass is 10.1. The van der Waals surface area contributed by atoms with E-state index in [0.717, 1.165) is 34.6 Å². The standard InChI is InChI=1S/C19H23N3OS/c1-12-8-10-24-18(12)19(23)21-14-5-6-17-16(11-14)15(13(2)20-17)7-9-22(3)4/h5-6,8,10-11,20H,7,9H2,1-4H3,(H,21,23). The first-order valence-electron chi connectivity index (χ1n) is 8.07. The van der Waals surface area contributed by atoms with Crippen LogP contribution < -0.4 is 5.32 Å². The Morgan fingerprint density at radius 1 is 1.25 bits per heavy atom. The second-order valence-corrected chi connectivity index (χ2v) is 7.35. The van der Waals surface area contributed by atoms with Crippen molar-refractivity contribution in [2.75, 3.05) is 26.0 Å². The molecule has 2 aromatic heterocycles. The maximum Gasteiger partial charge on any atom is 0.265 e. The van der Waals surface area contributed by atoms with Crippen LogP contribution in [0.2, 0.25) is 0 Å². The third-order valence-corrected chi connectivity index (χ3v) is 5.27. The number of likely N-dealkylation sites (N-methyl/N-ethyl adjacent to an activating group) is 1. The Morgan fingerprint density at radius 3 is 2.71 bits per heavy atom. The molecule has 0 unspecified atom stereocenters. The zero-order valence-electron chi connectivity index (χ0n) is 14.6. The van der Waals surface area contributed by atoms with Crippen molar-refractivity contribution in [1.29, 1.82) is 0 Å². The molecule has 5 heteroatoms. The summed E-state index contributed by atoms with van der Waals surface area (Å²) in [5, 5.41) is 6.16. The van der Waals surface area contributed by atoms with E-state index >= 15 is 0 Å². The Hall–Kier alpha value is -2.11. The lowest BCUT2D eigenvalue weighted by Crippen LogP contribution is -2.15. The minimum Gasteiger partial charge on any atom is -0.358 e. The first-order chi connectivity index (χ1) is 11.5. The molecule has 0 saturated heterocycles. The van der Waals surface area contributed by atoms with E-state index in [9.17, 15) is 4.79 Å². The minimum absolute atomic E-state index is 0.0380. The summed E-state index contributed by atoms with van der Waals surface area (Å²) in [7, 11) is 4.17. The highest BCUT2D eigenvalue weighted by atomic mass is 32.1. The van der Waals surface area contributed by atoms with Crippen molar-refractivity contribution in [2.45, 2.75) is 20.3 Å². The average molecular weight is 341 g/mol. The second-order valence-electron chi connectivity index (χ2n) is 6.43. The normalized spacial score (nSPS) is 11.4. The topological polar surface area (TPSA) is 48.1 Å². The number of H-pyrrole nitrogens is 1. The molecule has 0 bridgehead atoms. The number of benzene rings is 1. The Kier molecular flexibility index (Phi) is 4.73. The van der Waals surface area contributed by atoms with Gasteiger partial charge >= 0.3 is 0 Å². The van der Waals surface area contributed by atoms with Crippen molar-refractivity contribution in [3.63, 3.8) is 0 Å². The number of fused-ring (bicyclic) bond motifs is 1. The molecule has 126 valence electrons. The van der Waals surface area contributed by atoms with Gasteiger partial charge in [0, 0.05) is 28.8 Å². The second kappa shape index (κ2) is 6.79. The number of aromatic nitrogens is 1. The number of aryl methyl sites for hydroxylation is 2. The van der Waals surface area contributed by atoms with Crippen LogP contribution in [0.1, 0.15) is 26.5 Å². The van der Waals surface area contributed by atoms with Gasteiger partial charge in [0.1, 0.15) is 0 Å². The molecule has 0 fully saturated rings. The first-order valence-corrected chi connectivity index (χ1v) is 8.95. The van der Waals surface area contributed by atoms with Crippen molar-refractivity contribution in [3.8, 4) is 0 Å². The Labute approximate surface area is 146 Å². The lowest BCUT2D eigenvalue weighted by Gasteiger charge is -2.10. The van der Waals surface area contributed by atoms with E-state index in [1.807, 2.05) is 30.5 Å². The zero-order chi connectivity index (χ0) is 17.3. The molecule has 0 aliphatic rings. The van der Waals surface area contributed by atoms with Crippen molar-refractivity contribution in [1.82, 2.24) is 9.88 Å². The molecule has 24 heavy (non-hydrogen) atoms. The highest BCUT2D eigenvalue weighted by Gasteiger charge is 2.13. The van der Waals surface area contributed by atoms with Crippen LogP contribution in [-0.2, 0) is 6.42 Å². The molecule has 4 nitrogen and oxygen atoms in total. The molecule has 0 spiro atoms. The molecule has 0 atom stereocenters. The van der Waals surface area contributed by atoms with E-state index in [1.54, 1.807) is 0 Å². The lowest BCUT2D eigenvalue weighted by molar-refractivity contribution is 0.103. The van der Waals surface area contributed by atoms with Gasteiger partial charge in [0.25, 0.3) is 5.91 Å². The minimum atomic E-state index is -0.0380. The molecule has 0 radical (unpaired) electrons. The molecule has 1 aromatic carbocycles. The Balaban J connectivity index is 1.88. The molecule has 3 aromatic rings. The van der Waals surface area contributed by atoms with Gasteiger partial charge in [0.05, 0.1) is 4.88 Å². The number of carbonyl (C=O) groups is 1. The number of thiophene rings is 1. The van der Waals surface area contributed by atoms with Gasteiger partial charge in [-0.2, -0.15) is 0 Å². The number of rotatable bonds is 5. The van der Waals surface area contributed by atoms with Gasteiger partial charge in [-0.25, -0.2) is 0 Å². The molecule has 2 N–H and O–H groups in total. The summed E-state index contributed by atoms with van der Waals surface area (Å²) in [6.07, 6.45) is 0.986. The van der Waals surface area contributed by atoms with Crippen molar-refractivity contribution >= 4 is 33.8 Å². The molecule has 0 aliphatic heterocycles. The van der Waals surface area contributed by atoms with Gasteiger partial charge in [-0.05, 0) is 75.1 Å². The molecule has 0 aliphatic carbocycles. The molecule has 0 saturated carbocycles. The van der Waals surface area contributed by atoms with E-state index in [-0.39, 0.29) is 5.91 Å². The molecule has 3 rings (SSSR count). The van der Waals surface area contributed by atoms with Gasteiger partial charge in [-0.15, -0.1) is 11.3 Å². The predicted molar refractivity (Wildman–Crippen MR) is 102 cm³/mol. The van der Waals surface area contributed by atoms with Crippen molar-refractivity contribution in [2.24, 2.45) is 0 Å². The quantitative estimate of drug-likeness (QED) is 0.730. The number of aromatic amines is 1. The number of hydrogen-bond donors (Lipinski definition) is 2. The highest BCUT2D eigenvalue weighted by Crippen LogP contribution is 2.27. The fraction of sp³-hybridized carbons (Fsp3) is 0.316. The van der Waals surface area contributed by atoms with Crippen LogP contribution in [0, 0.1) is 13.8 Å². The Morgan fingerprint density at radius 2 is 2.04 bits per heavy atom. The summed E-state index contributed by atoms with van der Waals surface area (Å²) in [5.74, 6) is -0.0380. The van der Waals surface area contributed by atoms with Crippen LogP contribution in [0.4, 0.5) is 5.69 Å². The van der Waals surface area contributed by atoms with E-state index in [1.165, 1.54) is 28.0 Å². The largest absolute Gasteiger partial charge is 0.358 e. The number of carbonyl (C=O) groups excluding carboxylic acids is 1. The zero-order valence-corrected chi connectivity index (χ0v) is 15.4. The smallest absolute Gasteiger partial charge is 0.265 e. The third kappa shape index (κ3) is 3.37. The third-order valence-electron chi connectivity index (χ3n) is 4.25. The van der Waals surface area contributed by atoms with E-state index in [2.05, 4.69) is 42.3 Å². The number of hydrogen-bond acceptors (Lipinski definition) is 3. The monoisotopic (exact) mass is 341 g/mol. The highest BCUT2D eigenvalue weighted by molar-refractivity contribution is 7.12. The molecule has 2 heterocycles. The fourth-order valence-corrected chi connectivity index (χ4v) is 3.73. The number of anilines is 1. The van der Waals surface area contributed by atoms with Crippen LogP contribution in [0.25, 0.3) is 10.9 Å². The summed E-state index contributed by atoms with van der Waals surface area (Å²) in [6, 6.07) is 8.04. The van der Waals surface area contributed by atoms with E-state index < -0.39 is 0 Å². The molecular weight excluding hydrogens is 318 g/mol. The van der Waals surface area contributed by atoms with Gasteiger partial charge in [0.2, 0.25) is 0 Å². The van der Waals surface area contributed by atoms with Gasteiger partial charge < -0.3 is 15.2 Å². The van der Waals surface area contributed by atoms with Crippen LogP contribution in [-0.4, -0.2) is 36.4 Å². The first kappa shape index (κ1) is 16.7. The number of nitrogens with one attached hydrogen (secondary N) is 2. The maximum atomic E-state index is 12.4. The van der Waals surface area contributed by atoms with Gasteiger partial charge in [-0.3, -0.25) is 4.79 Å². The van der Waals surface area contributed by atoms with Crippen LogP contribution in [0.5, 0.6) is 0 Å². The Bertz CT molecular complexity index is 876. The van der Waals surface area contributed by atoms with Gasteiger partial charge in [0.15, 0.2) is 0 Å². The summed E-state index contributed by atoms with van der Waals surface area (Å²) < 4.78 is 0. The summed E-state index contributed by atoms with van der Waals surface area (Å²) in [5.41, 5.74) is 5.49. The summed E-state index contributed by atoms with van der Waals surface area (Å²) >= 11 is 1.48. The maximum absolute atomic E-state index is 12.4. The summed E-state index contributed by atoms with van der Waals surface area (Å²) in [6.45, 7) is 5.07. The fourth-order valence-electron chi connectivity index (χ4n) is 2.91. The van der Waals surface area contributed by atoms with Crippen LogP contribution in [0.15, 0.2) is 29.6 Å². The van der Waals surface area contributed by atoms with Crippen molar-refractivity contribution < 1.29 is 4.79 Å². The molecular formula is C19H23N3OS. The van der Waals surface area contributed by atoms with Gasteiger partial charge in [-0.1, -0.05) is 0 Å². The van der Waals surface area contributed by atoms with E-state index in [0.29, 0.717) is 0 Å². The number of nitrogens with zero attached hydrogens (tertiary/aromatic N) is 1. The van der Waals surface area contributed by atoms with E-state index in [4.69, 9.17) is 0 Å². The van der Waals surface area contributed by atoms with Crippen molar-refractivity contribution in [3.05, 3.63) is 51.3 Å². The SMILES string of the molecule is Cc1ccsc1C(=O)Nc1ccc2[nH]c(C)c(CCN(C)C)c2c1. The predicted octanol–water partition coefficient (Wildman–Crippen LogP) is 4.20.